The predicted molar refractivity (Wildman–Crippen MR) is 118 cm³/mol. The summed E-state index contributed by atoms with van der Waals surface area (Å²) in [6.45, 7) is 0.973. The lowest BCUT2D eigenvalue weighted by molar-refractivity contribution is -0.143. The van der Waals surface area contributed by atoms with Crippen molar-refractivity contribution < 1.29 is 23.8 Å². The van der Waals surface area contributed by atoms with Gasteiger partial charge in [-0.15, -0.1) is 0 Å². The van der Waals surface area contributed by atoms with E-state index in [1.807, 2.05) is 30.3 Å². The summed E-state index contributed by atoms with van der Waals surface area (Å²) in [5.41, 5.74) is 2.21. The molecule has 2 amide bonds. The maximum atomic E-state index is 12.8. The summed E-state index contributed by atoms with van der Waals surface area (Å²) in [5.74, 6) is -0.699. The van der Waals surface area contributed by atoms with Crippen LogP contribution in [0.25, 0.3) is 0 Å². The van der Waals surface area contributed by atoms with Crippen LogP contribution in [0.3, 0.4) is 0 Å². The number of hydrogen-bond acceptors (Lipinski definition) is 7. The summed E-state index contributed by atoms with van der Waals surface area (Å²) in [4.78, 5) is 29.5. The van der Waals surface area contributed by atoms with Crippen molar-refractivity contribution in [2.45, 2.75) is 25.2 Å². The molecular formula is C23H28N4O5. The van der Waals surface area contributed by atoms with Crippen molar-refractivity contribution in [2.24, 2.45) is 0 Å². The molecule has 0 saturated carbocycles. The number of ether oxygens (including phenoxy) is 3. The molecule has 1 fully saturated rings. The third kappa shape index (κ3) is 6.19. The molecule has 2 aromatic rings. The molecule has 3 rings (SSSR count). The van der Waals surface area contributed by atoms with E-state index in [1.165, 1.54) is 13.1 Å². The van der Waals surface area contributed by atoms with Crippen LogP contribution in [-0.2, 0) is 14.2 Å². The molecule has 3 N–H and O–H groups in total. The minimum atomic E-state index is -0.522. The SMILES string of the molecule is CNC(=O)c1cc(C(=O)NCCCC2OCC(=N)CO2)cc([C@H](OC)c2ccccc2)n1. The fraction of sp³-hybridized carbons (Fsp3) is 0.391. The Balaban J connectivity index is 1.70. The molecule has 0 aliphatic carbocycles. The topological polar surface area (TPSA) is 123 Å². The minimum Gasteiger partial charge on any atom is -0.370 e. The first-order valence-corrected chi connectivity index (χ1v) is 10.4. The van der Waals surface area contributed by atoms with E-state index in [9.17, 15) is 9.59 Å². The minimum absolute atomic E-state index is 0.139. The number of hydrogen-bond donors (Lipinski definition) is 3. The quantitative estimate of drug-likeness (QED) is 0.513. The number of carbonyl (C=O) groups excluding carboxylic acids is 2. The Morgan fingerprint density at radius 1 is 1.19 bits per heavy atom. The highest BCUT2D eigenvalue weighted by Crippen LogP contribution is 2.25. The predicted octanol–water partition coefficient (Wildman–Crippen LogP) is 2.08. The first kappa shape index (κ1) is 23.5. The monoisotopic (exact) mass is 440 g/mol. The van der Waals surface area contributed by atoms with Crippen molar-refractivity contribution in [3.8, 4) is 0 Å². The van der Waals surface area contributed by atoms with Crippen LogP contribution in [0.1, 0.15) is 51.0 Å². The zero-order valence-electron chi connectivity index (χ0n) is 18.2. The Hall–Kier alpha value is -3.14. The number of nitrogens with zero attached hydrogens (tertiary/aromatic N) is 1. The highest BCUT2D eigenvalue weighted by Gasteiger charge is 2.21. The van der Waals surface area contributed by atoms with E-state index >= 15 is 0 Å². The number of rotatable bonds is 9. The smallest absolute Gasteiger partial charge is 0.269 e. The number of benzene rings is 1. The van der Waals surface area contributed by atoms with Crippen LogP contribution >= 0.6 is 0 Å². The highest BCUT2D eigenvalue weighted by molar-refractivity contribution is 5.98. The van der Waals surface area contributed by atoms with Gasteiger partial charge in [-0.3, -0.25) is 9.59 Å². The van der Waals surface area contributed by atoms with Crippen molar-refractivity contribution in [1.82, 2.24) is 15.6 Å². The largest absolute Gasteiger partial charge is 0.370 e. The molecule has 1 saturated heterocycles. The summed E-state index contributed by atoms with van der Waals surface area (Å²) in [6.07, 6.45) is 0.376. The Labute approximate surface area is 187 Å². The molecule has 1 aliphatic heterocycles. The van der Waals surface area contributed by atoms with Crippen molar-refractivity contribution >= 4 is 17.5 Å². The molecule has 0 spiro atoms. The van der Waals surface area contributed by atoms with Gasteiger partial charge < -0.3 is 30.3 Å². The Bertz CT molecular complexity index is 941. The maximum absolute atomic E-state index is 12.8. The van der Waals surface area contributed by atoms with Gasteiger partial charge in [0.1, 0.15) is 11.8 Å². The van der Waals surface area contributed by atoms with Crippen molar-refractivity contribution in [3.05, 3.63) is 65.0 Å². The molecule has 32 heavy (non-hydrogen) atoms. The Morgan fingerprint density at radius 3 is 2.56 bits per heavy atom. The van der Waals surface area contributed by atoms with Gasteiger partial charge in [-0.2, -0.15) is 0 Å². The normalized spacial score (nSPS) is 16.9. The number of amides is 2. The second-order valence-electron chi connectivity index (χ2n) is 7.32. The molecule has 9 heteroatoms. The lowest BCUT2D eigenvalue weighted by atomic mass is 10.0. The summed E-state index contributed by atoms with van der Waals surface area (Å²) in [6, 6.07) is 12.6. The van der Waals surface area contributed by atoms with E-state index in [1.54, 1.807) is 13.2 Å². The number of carbonyl (C=O) groups is 2. The molecule has 170 valence electrons. The van der Waals surface area contributed by atoms with Gasteiger partial charge in [-0.05, 0) is 24.1 Å². The maximum Gasteiger partial charge on any atom is 0.269 e. The number of aromatic nitrogens is 1. The van der Waals surface area contributed by atoms with Crippen LogP contribution in [0.15, 0.2) is 42.5 Å². The average molecular weight is 441 g/mol. The van der Waals surface area contributed by atoms with Crippen molar-refractivity contribution in [3.63, 3.8) is 0 Å². The van der Waals surface area contributed by atoms with Crippen LogP contribution in [0.4, 0.5) is 0 Å². The fourth-order valence-corrected chi connectivity index (χ4v) is 3.33. The van der Waals surface area contributed by atoms with Gasteiger partial charge in [0.2, 0.25) is 0 Å². The summed E-state index contributed by atoms with van der Waals surface area (Å²) in [7, 11) is 3.07. The van der Waals surface area contributed by atoms with Gasteiger partial charge in [-0.25, -0.2) is 4.98 Å². The van der Waals surface area contributed by atoms with Gasteiger partial charge in [0.25, 0.3) is 11.8 Å². The van der Waals surface area contributed by atoms with Gasteiger partial charge >= 0.3 is 0 Å². The van der Waals surface area contributed by atoms with Gasteiger partial charge in [0, 0.05) is 32.7 Å². The molecule has 0 unspecified atom stereocenters. The average Bonchev–Trinajstić information content (AvgIpc) is 2.83. The van der Waals surface area contributed by atoms with Crippen LogP contribution in [-0.4, -0.2) is 62.7 Å². The van der Waals surface area contributed by atoms with E-state index in [4.69, 9.17) is 19.6 Å². The van der Waals surface area contributed by atoms with Crippen molar-refractivity contribution in [2.75, 3.05) is 33.9 Å². The third-order valence-corrected chi connectivity index (χ3v) is 4.96. The Kier molecular flexibility index (Phi) is 8.43. The standard InChI is InChI=1S/C23H28N4O5/c1-25-23(29)19-12-16(11-18(27-19)21(30-2)15-7-4-3-5-8-15)22(28)26-10-6-9-20-31-13-17(24)14-32-20/h3-5,7-8,11-12,20-21,24H,6,9-10,13-14H2,1-2H3,(H,25,29)(H,26,28)/t20?,21-/m1/s1. The first-order chi connectivity index (χ1) is 15.5. The van der Waals surface area contributed by atoms with Crippen LogP contribution < -0.4 is 10.6 Å². The Morgan fingerprint density at radius 2 is 1.91 bits per heavy atom. The van der Waals surface area contributed by atoms with E-state index < -0.39 is 6.10 Å². The number of pyridine rings is 1. The molecular weight excluding hydrogens is 412 g/mol. The molecule has 1 aromatic heterocycles. The fourth-order valence-electron chi connectivity index (χ4n) is 3.33. The summed E-state index contributed by atoms with van der Waals surface area (Å²) >= 11 is 0. The summed E-state index contributed by atoms with van der Waals surface area (Å²) < 4.78 is 16.4. The van der Waals surface area contributed by atoms with Crippen molar-refractivity contribution in [1.29, 1.82) is 5.41 Å². The molecule has 2 heterocycles. The molecule has 1 aliphatic rings. The molecule has 0 bridgehead atoms. The zero-order valence-corrected chi connectivity index (χ0v) is 18.2. The van der Waals surface area contributed by atoms with Gasteiger partial charge in [0.15, 0.2) is 6.29 Å². The molecule has 1 aromatic carbocycles. The van der Waals surface area contributed by atoms with Crippen LogP contribution in [0.5, 0.6) is 0 Å². The first-order valence-electron chi connectivity index (χ1n) is 10.4. The van der Waals surface area contributed by atoms with E-state index in [-0.39, 0.29) is 37.0 Å². The lowest BCUT2D eigenvalue weighted by Gasteiger charge is -2.23. The molecule has 9 nitrogen and oxygen atoms in total. The summed E-state index contributed by atoms with van der Waals surface area (Å²) in [5, 5.41) is 12.9. The number of methoxy groups -OCH3 is 1. The number of nitrogens with one attached hydrogen (secondary N) is 3. The zero-order chi connectivity index (χ0) is 22.9. The van der Waals surface area contributed by atoms with Gasteiger partial charge in [0.05, 0.1) is 24.6 Å². The third-order valence-electron chi connectivity index (χ3n) is 4.96. The highest BCUT2D eigenvalue weighted by atomic mass is 16.7. The van der Waals surface area contributed by atoms with E-state index in [0.717, 1.165) is 5.56 Å². The van der Waals surface area contributed by atoms with Crippen LogP contribution in [0, 0.1) is 5.41 Å². The van der Waals surface area contributed by atoms with E-state index in [0.29, 0.717) is 36.4 Å². The molecule has 0 radical (unpaired) electrons. The molecule has 1 atom stereocenters. The van der Waals surface area contributed by atoms with Crippen LogP contribution in [0.2, 0.25) is 0 Å². The van der Waals surface area contributed by atoms with E-state index in [2.05, 4.69) is 15.6 Å². The lowest BCUT2D eigenvalue weighted by Crippen LogP contribution is -2.33. The van der Waals surface area contributed by atoms with Gasteiger partial charge in [-0.1, -0.05) is 30.3 Å². The second kappa shape index (κ2) is 11.5. The second-order valence-corrected chi connectivity index (χ2v) is 7.32.